The van der Waals surface area contributed by atoms with E-state index in [4.69, 9.17) is 12.6 Å². The molecule has 1 unspecified atom stereocenters. The van der Waals surface area contributed by atoms with Crippen LogP contribution in [0.25, 0.3) is 0 Å². The van der Waals surface area contributed by atoms with Crippen LogP contribution in [0, 0.1) is 0 Å². The van der Waals surface area contributed by atoms with Crippen molar-refractivity contribution in [2.24, 2.45) is 0 Å². The molecule has 0 aromatic heterocycles. The molecular formula is C18H21BO2. The largest absolute Gasteiger partial charge is 0.426 e. The number of ether oxygens (including phenoxy) is 1. The van der Waals surface area contributed by atoms with E-state index in [2.05, 4.69) is 19.1 Å². The van der Waals surface area contributed by atoms with Crippen LogP contribution in [-0.4, -0.2) is 13.8 Å². The van der Waals surface area contributed by atoms with Gasteiger partial charge in [-0.05, 0) is 56.6 Å². The predicted molar refractivity (Wildman–Crippen MR) is 85.5 cm³/mol. The van der Waals surface area contributed by atoms with Crippen LogP contribution in [0.3, 0.4) is 0 Å². The molecule has 0 N–H and O–H groups in total. The van der Waals surface area contributed by atoms with Gasteiger partial charge >= 0.3 is 5.97 Å². The van der Waals surface area contributed by atoms with Gasteiger partial charge in [-0.25, -0.2) is 0 Å². The zero-order valence-electron chi connectivity index (χ0n) is 12.8. The van der Waals surface area contributed by atoms with Crippen molar-refractivity contribution in [2.45, 2.75) is 57.8 Å². The van der Waals surface area contributed by atoms with Gasteiger partial charge in [-0.2, -0.15) is 0 Å². The Morgan fingerprint density at radius 3 is 2.67 bits per heavy atom. The van der Waals surface area contributed by atoms with Crippen LogP contribution in [0.4, 0.5) is 0 Å². The lowest BCUT2D eigenvalue weighted by Gasteiger charge is -2.25. The van der Waals surface area contributed by atoms with E-state index >= 15 is 0 Å². The molecule has 1 fully saturated rings. The van der Waals surface area contributed by atoms with Crippen LogP contribution in [-0.2, 0) is 4.79 Å². The quantitative estimate of drug-likeness (QED) is 0.366. The third-order valence-corrected chi connectivity index (χ3v) is 4.41. The van der Waals surface area contributed by atoms with Crippen LogP contribution < -0.4 is 10.2 Å². The second-order valence-electron chi connectivity index (χ2n) is 6.40. The zero-order valence-corrected chi connectivity index (χ0v) is 12.8. The number of rotatable bonds is 3. The molecule has 2 aliphatic rings. The van der Waals surface area contributed by atoms with Gasteiger partial charge in [0, 0.05) is 18.4 Å². The molecule has 108 valence electrons. The molecule has 1 aromatic carbocycles. The molecule has 3 rings (SSSR count). The van der Waals surface area contributed by atoms with Crippen LogP contribution in [0.2, 0.25) is 0 Å². The maximum Gasteiger partial charge on any atom is 0.308 e. The monoisotopic (exact) mass is 280 g/mol. The molecule has 0 aliphatic heterocycles. The standard InChI is InChI=1S/C18H21BO2/c1-11-4-3-5-14(8-11)18-16(13-6-7-13)9-15(19)10-17(18)21-12(2)20/h8-10,13-14H,3-7H2,1-2H3. The molecule has 1 aromatic rings. The first-order valence-corrected chi connectivity index (χ1v) is 7.83. The molecule has 2 radical (unpaired) electrons. The summed E-state index contributed by atoms with van der Waals surface area (Å²) in [7, 11) is 6.02. The van der Waals surface area contributed by atoms with E-state index in [1.165, 1.54) is 49.3 Å². The Morgan fingerprint density at radius 1 is 1.29 bits per heavy atom. The Balaban J connectivity index is 2.10. The molecule has 0 amide bonds. The molecule has 0 spiro atoms. The van der Waals surface area contributed by atoms with Crippen molar-refractivity contribution >= 4 is 19.3 Å². The van der Waals surface area contributed by atoms with E-state index in [9.17, 15) is 4.79 Å². The Morgan fingerprint density at radius 2 is 2.05 bits per heavy atom. The third-order valence-electron chi connectivity index (χ3n) is 4.41. The van der Waals surface area contributed by atoms with Gasteiger partial charge in [0.1, 0.15) is 13.6 Å². The van der Waals surface area contributed by atoms with Crippen molar-refractivity contribution in [3.8, 4) is 5.75 Å². The third kappa shape index (κ3) is 3.23. The molecule has 1 saturated carbocycles. The second-order valence-corrected chi connectivity index (χ2v) is 6.40. The molecule has 0 heterocycles. The van der Waals surface area contributed by atoms with Crippen LogP contribution in [0.1, 0.15) is 68.9 Å². The second kappa shape index (κ2) is 5.71. The first kappa shape index (κ1) is 14.4. The smallest absolute Gasteiger partial charge is 0.308 e. The average molecular weight is 280 g/mol. The van der Waals surface area contributed by atoms with Crippen LogP contribution >= 0.6 is 0 Å². The summed E-state index contributed by atoms with van der Waals surface area (Å²) in [6, 6.07) is 3.89. The van der Waals surface area contributed by atoms with Gasteiger partial charge < -0.3 is 4.74 Å². The molecule has 0 saturated heterocycles. The highest BCUT2D eigenvalue weighted by atomic mass is 16.5. The minimum Gasteiger partial charge on any atom is -0.426 e. The highest BCUT2D eigenvalue weighted by Gasteiger charge is 2.31. The fraction of sp³-hybridized carbons (Fsp3) is 0.500. The number of carbonyl (C=O) groups excluding carboxylic acids is 1. The average Bonchev–Trinajstić information content (AvgIpc) is 3.21. The fourth-order valence-corrected chi connectivity index (χ4v) is 3.38. The van der Waals surface area contributed by atoms with E-state index < -0.39 is 0 Å². The van der Waals surface area contributed by atoms with Gasteiger partial charge in [-0.3, -0.25) is 4.79 Å². The van der Waals surface area contributed by atoms with Crippen molar-refractivity contribution in [2.75, 3.05) is 0 Å². The molecule has 0 bridgehead atoms. The number of hydrogen-bond donors (Lipinski definition) is 0. The summed E-state index contributed by atoms with van der Waals surface area (Å²) < 4.78 is 5.49. The van der Waals surface area contributed by atoms with Crippen molar-refractivity contribution in [1.29, 1.82) is 0 Å². The van der Waals surface area contributed by atoms with Gasteiger partial charge in [-0.1, -0.05) is 23.2 Å². The summed E-state index contributed by atoms with van der Waals surface area (Å²) in [6.45, 7) is 3.64. The van der Waals surface area contributed by atoms with E-state index in [-0.39, 0.29) is 5.97 Å². The highest BCUT2D eigenvalue weighted by molar-refractivity contribution is 6.32. The SMILES string of the molecule is [B]c1cc(OC(C)=O)c(C2C=C(C)CCC2)c(C2CC2)c1. The van der Waals surface area contributed by atoms with Crippen molar-refractivity contribution in [3.05, 3.63) is 34.9 Å². The first-order valence-electron chi connectivity index (χ1n) is 7.83. The van der Waals surface area contributed by atoms with Crippen LogP contribution in [0.15, 0.2) is 23.8 Å². The Kier molecular flexibility index (Phi) is 3.92. The Bertz CT molecular complexity index is 599. The summed E-state index contributed by atoms with van der Waals surface area (Å²) in [5, 5.41) is 0. The minimum absolute atomic E-state index is 0.278. The van der Waals surface area contributed by atoms with Crippen LogP contribution in [0.5, 0.6) is 5.75 Å². The summed E-state index contributed by atoms with van der Waals surface area (Å²) in [5.41, 5.74) is 4.61. The van der Waals surface area contributed by atoms with Gasteiger partial charge in [0.15, 0.2) is 0 Å². The first-order chi connectivity index (χ1) is 10.0. The number of allylic oxidation sites excluding steroid dienone is 2. The highest BCUT2D eigenvalue weighted by Crippen LogP contribution is 2.47. The lowest BCUT2D eigenvalue weighted by Crippen LogP contribution is -2.15. The van der Waals surface area contributed by atoms with Crippen molar-refractivity contribution < 1.29 is 9.53 Å². The van der Waals surface area contributed by atoms with Gasteiger partial charge in [0.05, 0.1) is 0 Å². The zero-order chi connectivity index (χ0) is 15.0. The molecule has 3 heteroatoms. The lowest BCUT2D eigenvalue weighted by molar-refractivity contribution is -0.131. The van der Waals surface area contributed by atoms with Gasteiger partial charge in [0.2, 0.25) is 0 Å². The number of carbonyl (C=O) groups is 1. The predicted octanol–water partition coefficient (Wildman–Crippen LogP) is 3.50. The molecule has 1 atom stereocenters. The van der Waals surface area contributed by atoms with Gasteiger partial charge in [-0.15, -0.1) is 0 Å². The van der Waals surface area contributed by atoms with E-state index in [1.54, 1.807) is 6.07 Å². The lowest BCUT2D eigenvalue weighted by atomic mass is 9.80. The normalized spacial score (nSPS) is 21.8. The topological polar surface area (TPSA) is 26.3 Å². The number of benzene rings is 1. The summed E-state index contributed by atoms with van der Waals surface area (Å²) in [5.74, 6) is 1.33. The Hall–Kier alpha value is -1.51. The Labute approximate surface area is 128 Å². The van der Waals surface area contributed by atoms with E-state index in [1.807, 2.05) is 0 Å². The van der Waals surface area contributed by atoms with Crippen molar-refractivity contribution in [3.63, 3.8) is 0 Å². The maximum absolute atomic E-state index is 11.4. The molecular weight excluding hydrogens is 259 g/mol. The fourth-order valence-electron chi connectivity index (χ4n) is 3.38. The van der Waals surface area contributed by atoms with Crippen molar-refractivity contribution in [1.82, 2.24) is 0 Å². The molecule has 2 aliphatic carbocycles. The van der Waals surface area contributed by atoms with E-state index in [0.29, 0.717) is 23.0 Å². The number of esters is 1. The summed E-state index contributed by atoms with van der Waals surface area (Å²) >= 11 is 0. The van der Waals surface area contributed by atoms with E-state index in [0.717, 1.165) is 6.42 Å². The maximum atomic E-state index is 11.4. The summed E-state index contributed by atoms with van der Waals surface area (Å²) in [6.07, 6.45) is 8.26. The minimum atomic E-state index is -0.278. The molecule has 21 heavy (non-hydrogen) atoms. The van der Waals surface area contributed by atoms with Gasteiger partial charge in [0.25, 0.3) is 0 Å². The molecule has 2 nitrogen and oxygen atoms in total. The summed E-state index contributed by atoms with van der Waals surface area (Å²) in [4.78, 5) is 11.4. The number of hydrogen-bond acceptors (Lipinski definition) is 2.